The molecule has 0 saturated carbocycles. The fraction of sp³-hybridized carbons (Fsp3) is 0.882. The maximum atomic E-state index is 6.13. The van der Waals surface area contributed by atoms with Crippen molar-refractivity contribution in [3.05, 3.63) is 12.2 Å². The molecular formula is C17H33NO. The van der Waals surface area contributed by atoms with Crippen LogP contribution in [0.1, 0.15) is 54.9 Å². The Balaban J connectivity index is 2.65. The van der Waals surface area contributed by atoms with Gasteiger partial charge in [-0.25, -0.2) is 0 Å². The molecule has 2 atom stereocenters. The summed E-state index contributed by atoms with van der Waals surface area (Å²) < 4.78 is 6.13. The highest BCUT2D eigenvalue weighted by atomic mass is 16.5. The third-order valence-corrected chi connectivity index (χ3v) is 3.89. The lowest BCUT2D eigenvalue weighted by molar-refractivity contribution is 0.0127. The van der Waals surface area contributed by atoms with Gasteiger partial charge in [0.15, 0.2) is 0 Å². The van der Waals surface area contributed by atoms with Gasteiger partial charge >= 0.3 is 0 Å². The van der Waals surface area contributed by atoms with Crippen molar-refractivity contribution in [2.24, 2.45) is 11.3 Å². The Morgan fingerprint density at radius 3 is 2.26 bits per heavy atom. The van der Waals surface area contributed by atoms with E-state index in [1.807, 2.05) is 0 Å². The zero-order valence-electron chi connectivity index (χ0n) is 14.0. The second-order valence-corrected chi connectivity index (χ2v) is 7.77. The summed E-state index contributed by atoms with van der Waals surface area (Å²) in [6.45, 7) is 21.9. The third kappa shape index (κ3) is 4.92. The number of likely N-dealkylation sites (tertiary alicyclic amines) is 1. The van der Waals surface area contributed by atoms with Gasteiger partial charge in [-0.05, 0) is 31.6 Å². The van der Waals surface area contributed by atoms with Crippen molar-refractivity contribution in [1.82, 2.24) is 4.90 Å². The van der Waals surface area contributed by atoms with Gasteiger partial charge in [0.05, 0.1) is 12.7 Å². The Labute approximate surface area is 120 Å². The molecule has 0 aromatic rings. The lowest BCUT2D eigenvalue weighted by atomic mass is 9.94. The Kier molecular flexibility index (Phi) is 5.64. The van der Waals surface area contributed by atoms with Crippen LogP contribution in [-0.4, -0.2) is 36.2 Å². The lowest BCUT2D eigenvalue weighted by Crippen LogP contribution is -2.38. The normalized spacial score (nSPS) is 25.5. The molecule has 1 fully saturated rings. The van der Waals surface area contributed by atoms with Crippen molar-refractivity contribution in [3.63, 3.8) is 0 Å². The molecular weight excluding hydrogens is 234 g/mol. The van der Waals surface area contributed by atoms with Crippen LogP contribution in [-0.2, 0) is 4.74 Å². The Morgan fingerprint density at radius 2 is 1.84 bits per heavy atom. The summed E-state index contributed by atoms with van der Waals surface area (Å²) in [5, 5.41) is 0. The summed E-state index contributed by atoms with van der Waals surface area (Å²) in [5.41, 5.74) is 1.60. The molecule has 0 aromatic carbocycles. The van der Waals surface area contributed by atoms with E-state index in [1.54, 1.807) is 0 Å². The maximum absolute atomic E-state index is 6.13. The van der Waals surface area contributed by atoms with Crippen LogP contribution in [0, 0.1) is 11.3 Å². The van der Waals surface area contributed by atoms with E-state index in [9.17, 15) is 0 Å². The Morgan fingerprint density at radius 1 is 1.26 bits per heavy atom. The van der Waals surface area contributed by atoms with E-state index in [-0.39, 0.29) is 5.41 Å². The van der Waals surface area contributed by atoms with Crippen LogP contribution in [0.25, 0.3) is 0 Å². The molecule has 2 heteroatoms. The van der Waals surface area contributed by atoms with Crippen LogP contribution in [0.4, 0.5) is 0 Å². The van der Waals surface area contributed by atoms with Crippen LogP contribution in [0.2, 0.25) is 0 Å². The zero-order valence-corrected chi connectivity index (χ0v) is 14.0. The van der Waals surface area contributed by atoms with Crippen LogP contribution in [0.15, 0.2) is 12.2 Å². The molecule has 1 aliphatic heterocycles. The number of ether oxygens (including phenoxy) is 1. The highest BCUT2D eigenvalue weighted by Gasteiger charge is 2.36. The topological polar surface area (TPSA) is 12.5 Å². The van der Waals surface area contributed by atoms with Gasteiger partial charge in [0.2, 0.25) is 0 Å². The first-order chi connectivity index (χ1) is 8.61. The summed E-state index contributed by atoms with van der Waals surface area (Å²) in [5.74, 6) is 0.549. The SMILES string of the molecule is C=C(C(C)C)[C@@H]1C[C@H](OCC(C)(C)C)CN1C(C)C. The fourth-order valence-electron chi connectivity index (χ4n) is 2.63. The fourth-order valence-corrected chi connectivity index (χ4v) is 2.63. The largest absolute Gasteiger partial charge is 0.376 e. The molecule has 0 aliphatic carbocycles. The molecule has 0 aromatic heterocycles. The average molecular weight is 267 g/mol. The third-order valence-electron chi connectivity index (χ3n) is 3.89. The second kappa shape index (κ2) is 6.41. The number of rotatable bonds is 5. The molecule has 1 rings (SSSR count). The molecule has 112 valence electrons. The molecule has 1 heterocycles. The highest BCUT2D eigenvalue weighted by molar-refractivity contribution is 5.13. The molecule has 1 saturated heterocycles. The quantitative estimate of drug-likeness (QED) is 0.695. The van der Waals surface area contributed by atoms with Gasteiger partial charge in [-0.3, -0.25) is 4.90 Å². The molecule has 0 bridgehead atoms. The minimum absolute atomic E-state index is 0.246. The van der Waals surface area contributed by atoms with Crippen LogP contribution in [0.5, 0.6) is 0 Å². The minimum atomic E-state index is 0.246. The van der Waals surface area contributed by atoms with E-state index in [2.05, 4.69) is 59.9 Å². The standard InChI is InChI=1S/C17H33NO/c1-12(2)14(5)16-9-15(10-18(16)13(3)4)19-11-17(6,7)8/h12-13,15-16H,5,9-11H2,1-4,6-8H3/t15-,16-/m0/s1. The molecule has 0 amide bonds. The summed E-state index contributed by atoms with van der Waals surface area (Å²) in [4.78, 5) is 2.55. The summed E-state index contributed by atoms with van der Waals surface area (Å²) in [6, 6.07) is 1.05. The van der Waals surface area contributed by atoms with Crippen molar-refractivity contribution in [3.8, 4) is 0 Å². The highest BCUT2D eigenvalue weighted by Crippen LogP contribution is 2.31. The van der Waals surface area contributed by atoms with Crippen molar-refractivity contribution >= 4 is 0 Å². The van der Waals surface area contributed by atoms with Gasteiger partial charge in [-0.1, -0.05) is 46.8 Å². The predicted molar refractivity (Wildman–Crippen MR) is 83.4 cm³/mol. The first-order valence-corrected chi connectivity index (χ1v) is 7.68. The molecule has 0 unspecified atom stereocenters. The van der Waals surface area contributed by atoms with Gasteiger partial charge < -0.3 is 4.74 Å². The first kappa shape index (κ1) is 16.7. The van der Waals surface area contributed by atoms with E-state index < -0.39 is 0 Å². The molecule has 19 heavy (non-hydrogen) atoms. The van der Waals surface area contributed by atoms with E-state index in [0.717, 1.165) is 19.6 Å². The smallest absolute Gasteiger partial charge is 0.0720 e. The van der Waals surface area contributed by atoms with Gasteiger partial charge in [0.25, 0.3) is 0 Å². The Hall–Kier alpha value is -0.340. The average Bonchev–Trinajstić information content (AvgIpc) is 2.68. The molecule has 0 radical (unpaired) electrons. The first-order valence-electron chi connectivity index (χ1n) is 7.68. The van der Waals surface area contributed by atoms with E-state index in [4.69, 9.17) is 4.74 Å². The van der Waals surface area contributed by atoms with Gasteiger partial charge in [0.1, 0.15) is 0 Å². The van der Waals surface area contributed by atoms with E-state index in [0.29, 0.717) is 24.1 Å². The van der Waals surface area contributed by atoms with Gasteiger partial charge in [0, 0.05) is 18.6 Å². The van der Waals surface area contributed by atoms with Crippen molar-refractivity contribution in [2.45, 2.75) is 73.1 Å². The predicted octanol–water partition coefficient (Wildman–Crippen LogP) is 4.11. The van der Waals surface area contributed by atoms with E-state index in [1.165, 1.54) is 5.57 Å². The van der Waals surface area contributed by atoms with Crippen LogP contribution < -0.4 is 0 Å². The van der Waals surface area contributed by atoms with E-state index >= 15 is 0 Å². The second-order valence-electron chi connectivity index (χ2n) is 7.77. The molecule has 0 N–H and O–H groups in total. The number of nitrogens with zero attached hydrogens (tertiary/aromatic N) is 1. The van der Waals surface area contributed by atoms with Crippen molar-refractivity contribution in [1.29, 1.82) is 0 Å². The summed E-state index contributed by atoms with van der Waals surface area (Å²) in [6.07, 6.45) is 1.47. The van der Waals surface area contributed by atoms with Crippen LogP contribution >= 0.6 is 0 Å². The van der Waals surface area contributed by atoms with Crippen molar-refractivity contribution < 1.29 is 4.74 Å². The van der Waals surface area contributed by atoms with Crippen molar-refractivity contribution in [2.75, 3.05) is 13.2 Å². The molecule has 1 aliphatic rings. The zero-order chi connectivity index (χ0) is 14.8. The lowest BCUT2D eigenvalue weighted by Gasteiger charge is -2.30. The Bertz CT molecular complexity index is 301. The molecule has 0 spiro atoms. The monoisotopic (exact) mass is 267 g/mol. The summed E-state index contributed by atoms with van der Waals surface area (Å²) >= 11 is 0. The summed E-state index contributed by atoms with van der Waals surface area (Å²) in [7, 11) is 0. The van der Waals surface area contributed by atoms with Gasteiger partial charge in [-0.2, -0.15) is 0 Å². The number of hydrogen-bond acceptors (Lipinski definition) is 2. The molecule has 2 nitrogen and oxygen atoms in total. The maximum Gasteiger partial charge on any atom is 0.0720 e. The van der Waals surface area contributed by atoms with Gasteiger partial charge in [-0.15, -0.1) is 0 Å². The van der Waals surface area contributed by atoms with Crippen LogP contribution in [0.3, 0.4) is 0 Å². The minimum Gasteiger partial charge on any atom is -0.376 e. The number of hydrogen-bond donors (Lipinski definition) is 0.